The molecule has 1 aromatic heterocycles. The average molecular weight is 370 g/mol. The van der Waals surface area contributed by atoms with Gasteiger partial charge in [0.1, 0.15) is 0 Å². The zero-order valence-corrected chi connectivity index (χ0v) is 15.3. The number of anilines is 1. The number of carbonyl (C=O) groups is 1. The number of hydrogen-bond donors (Lipinski definition) is 1. The van der Waals surface area contributed by atoms with Gasteiger partial charge in [-0.2, -0.15) is 0 Å². The molecule has 26 heavy (non-hydrogen) atoms. The molecule has 5 nitrogen and oxygen atoms in total. The van der Waals surface area contributed by atoms with Crippen LogP contribution in [0.5, 0.6) is 0 Å². The number of nitrogens with one attached hydrogen (secondary N) is 1. The van der Waals surface area contributed by atoms with Gasteiger partial charge in [0.05, 0.1) is 11.3 Å². The molecule has 134 valence electrons. The first-order chi connectivity index (χ1) is 12.7. The summed E-state index contributed by atoms with van der Waals surface area (Å²) >= 11 is 5.91. The van der Waals surface area contributed by atoms with Gasteiger partial charge in [-0.15, -0.1) is 10.2 Å². The first kappa shape index (κ1) is 18.1. The van der Waals surface area contributed by atoms with Gasteiger partial charge in [0.25, 0.3) is 0 Å². The highest BCUT2D eigenvalue weighted by Crippen LogP contribution is 2.30. The van der Waals surface area contributed by atoms with Crippen molar-refractivity contribution in [2.45, 2.75) is 32.6 Å². The predicted molar refractivity (Wildman–Crippen MR) is 103 cm³/mol. The monoisotopic (exact) mass is 369 g/mol. The van der Waals surface area contributed by atoms with E-state index < -0.39 is 0 Å². The quantitative estimate of drug-likeness (QED) is 0.552. The minimum atomic E-state index is -0.0108. The van der Waals surface area contributed by atoms with Crippen molar-refractivity contribution in [3.05, 3.63) is 53.6 Å². The van der Waals surface area contributed by atoms with Gasteiger partial charge in [0.15, 0.2) is 0 Å². The van der Waals surface area contributed by atoms with Crippen molar-refractivity contribution in [1.82, 2.24) is 10.2 Å². The second-order valence-corrected chi connectivity index (χ2v) is 6.41. The third-order valence-electron chi connectivity index (χ3n) is 3.96. The van der Waals surface area contributed by atoms with Crippen LogP contribution in [0.1, 0.15) is 32.6 Å². The molecular weight excluding hydrogens is 350 g/mol. The van der Waals surface area contributed by atoms with Crippen LogP contribution >= 0.6 is 11.6 Å². The van der Waals surface area contributed by atoms with Crippen LogP contribution < -0.4 is 5.32 Å². The van der Waals surface area contributed by atoms with Gasteiger partial charge in [0.2, 0.25) is 17.7 Å². The molecule has 3 rings (SSSR count). The molecule has 1 amide bonds. The van der Waals surface area contributed by atoms with E-state index in [1.165, 1.54) is 0 Å². The Balaban J connectivity index is 1.79. The van der Waals surface area contributed by atoms with E-state index >= 15 is 0 Å². The van der Waals surface area contributed by atoms with Crippen LogP contribution in [0, 0.1) is 0 Å². The van der Waals surface area contributed by atoms with E-state index in [2.05, 4.69) is 22.4 Å². The van der Waals surface area contributed by atoms with Crippen LogP contribution in [0.3, 0.4) is 0 Å². The number of carbonyl (C=O) groups excluding carboxylic acids is 1. The number of para-hydroxylation sites is 1. The highest BCUT2D eigenvalue weighted by atomic mass is 35.5. The number of benzene rings is 2. The van der Waals surface area contributed by atoms with Gasteiger partial charge in [0, 0.05) is 17.0 Å². The van der Waals surface area contributed by atoms with Gasteiger partial charge < -0.3 is 9.73 Å². The number of unbranched alkanes of at least 4 members (excludes halogenated alkanes) is 2. The van der Waals surface area contributed by atoms with Gasteiger partial charge >= 0.3 is 0 Å². The summed E-state index contributed by atoms with van der Waals surface area (Å²) < 4.78 is 5.80. The molecule has 3 aromatic rings. The number of rotatable bonds is 7. The number of halogens is 1. The number of amides is 1. The van der Waals surface area contributed by atoms with Crippen molar-refractivity contribution in [1.29, 1.82) is 0 Å². The lowest BCUT2D eigenvalue weighted by Gasteiger charge is -2.08. The first-order valence-corrected chi connectivity index (χ1v) is 9.04. The van der Waals surface area contributed by atoms with E-state index in [0.717, 1.165) is 24.8 Å². The van der Waals surface area contributed by atoms with E-state index in [0.29, 0.717) is 34.5 Å². The Kier molecular flexibility index (Phi) is 6.02. The van der Waals surface area contributed by atoms with E-state index in [4.69, 9.17) is 16.0 Å². The summed E-state index contributed by atoms with van der Waals surface area (Å²) in [7, 11) is 0. The Morgan fingerprint density at radius 1 is 1.04 bits per heavy atom. The molecule has 0 unspecified atom stereocenters. The van der Waals surface area contributed by atoms with Crippen LogP contribution in [-0.4, -0.2) is 16.1 Å². The minimum absolute atomic E-state index is 0.0108. The second-order valence-electron chi connectivity index (χ2n) is 5.97. The maximum Gasteiger partial charge on any atom is 0.250 e. The largest absolute Gasteiger partial charge is 0.416 e. The smallest absolute Gasteiger partial charge is 0.250 e. The van der Waals surface area contributed by atoms with E-state index in [9.17, 15) is 4.79 Å². The molecule has 0 aliphatic heterocycles. The molecule has 0 spiro atoms. The van der Waals surface area contributed by atoms with Crippen LogP contribution in [0.15, 0.2) is 52.9 Å². The summed E-state index contributed by atoms with van der Waals surface area (Å²) in [6.07, 6.45) is 3.51. The minimum Gasteiger partial charge on any atom is -0.416 e. The molecule has 0 saturated carbocycles. The molecule has 2 aromatic carbocycles. The van der Waals surface area contributed by atoms with Gasteiger partial charge in [-0.1, -0.05) is 43.5 Å². The predicted octanol–water partition coefficient (Wildman–Crippen LogP) is 5.58. The summed E-state index contributed by atoms with van der Waals surface area (Å²) in [5, 5.41) is 11.8. The van der Waals surface area contributed by atoms with Gasteiger partial charge in [-0.3, -0.25) is 4.79 Å². The molecule has 0 radical (unpaired) electrons. The Morgan fingerprint density at radius 2 is 1.77 bits per heavy atom. The number of aromatic nitrogens is 2. The highest BCUT2D eigenvalue weighted by Gasteiger charge is 2.15. The molecule has 1 N–H and O–H groups in total. The number of nitrogens with zero attached hydrogens (tertiary/aromatic N) is 2. The zero-order valence-electron chi connectivity index (χ0n) is 14.5. The van der Waals surface area contributed by atoms with Crippen molar-refractivity contribution in [3.8, 4) is 22.9 Å². The first-order valence-electron chi connectivity index (χ1n) is 8.66. The average Bonchev–Trinajstić information content (AvgIpc) is 3.13. The topological polar surface area (TPSA) is 68.0 Å². The van der Waals surface area contributed by atoms with Crippen LogP contribution in [-0.2, 0) is 4.79 Å². The number of hydrogen-bond acceptors (Lipinski definition) is 4. The molecule has 6 heteroatoms. The Hall–Kier alpha value is -2.66. The van der Waals surface area contributed by atoms with E-state index in [1.807, 2.05) is 36.4 Å². The van der Waals surface area contributed by atoms with Crippen molar-refractivity contribution < 1.29 is 9.21 Å². The zero-order chi connectivity index (χ0) is 18.4. The lowest BCUT2D eigenvalue weighted by Crippen LogP contribution is -2.11. The molecule has 0 aliphatic carbocycles. The third kappa shape index (κ3) is 4.49. The molecule has 0 fully saturated rings. The second kappa shape index (κ2) is 8.63. The van der Waals surface area contributed by atoms with E-state index in [1.54, 1.807) is 12.1 Å². The summed E-state index contributed by atoms with van der Waals surface area (Å²) in [4.78, 5) is 12.1. The standard InChI is InChI=1S/C20H20ClN3O2/c1-2-3-4-9-18(25)22-17-8-6-5-7-16(17)20-24-23-19(26-20)14-10-12-15(21)13-11-14/h5-8,10-13H,2-4,9H2,1H3,(H,22,25). The fourth-order valence-corrected chi connectivity index (χ4v) is 2.69. The van der Waals surface area contributed by atoms with Crippen LogP contribution in [0.4, 0.5) is 5.69 Å². The van der Waals surface area contributed by atoms with Gasteiger partial charge in [-0.05, 0) is 42.8 Å². The Bertz CT molecular complexity index is 875. The summed E-state index contributed by atoms with van der Waals surface area (Å²) in [6.45, 7) is 2.11. The molecule has 0 aliphatic rings. The fourth-order valence-electron chi connectivity index (χ4n) is 2.57. The summed E-state index contributed by atoms with van der Waals surface area (Å²) in [5.41, 5.74) is 2.15. The highest BCUT2D eigenvalue weighted by molar-refractivity contribution is 6.30. The Labute approximate surface area is 157 Å². The maximum atomic E-state index is 12.1. The van der Waals surface area contributed by atoms with Crippen molar-refractivity contribution in [3.63, 3.8) is 0 Å². The molecular formula is C20H20ClN3O2. The molecule has 0 saturated heterocycles. The summed E-state index contributed by atoms with van der Waals surface area (Å²) in [5.74, 6) is 0.753. The lowest BCUT2D eigenvalue weighted by molar-refractivity contribution is -0.116. The normalized spacial score (nSPS) is 10.7. The summed E-state index contributed by atoms with van der Waals surface area (Å²) in [6, 6.07) is 14.6. The lowest BCUT2D eigenvalue weighted by atomic mass is 10.1. The molecule has 1 heterocycles. The van der Waals surface area contributed by atoms with Crippen molar-refractivity contribution in [2.75, 3.05) is 5.32 Å². The van der Waals surface area contributed by atoms with Crippen molar-refractivity contribution >= 4 is 23.2 Å². The van der Waals surface area contributed by atoms with Crippen LogP contribution in [0.2, 0.25) is 5.02 Å². The Morgan fingerprint density at radius 3 is 2.54 bits per heavy atom. The SMILES string of the molecule is CCCCCC(=O)Nc1ccccc1-c1nnc(-c2ccc(Cl)cc2)o1. The molecule has 0 bridgehead atoms. The third-order valence-corrected chi connectivity index (χ3v) is 4.21. The van der Waals surface area contributed by atoms with Crippen molar-refractivity contribution in [2.24, 2.45) is 0 Å². The molecule has 0 atom stereocenters. The van der Waals surface area contributed by atoms with Crippen LogP contribution in [0.25, 0.3) is 22.9 Å². The fraction of sp³-hybridized carbons (Fsp3) is 0.250. The maximum absolute atomic E-state index is 12.1. The van der Waals surface area contributed by atoms with E-state index in [-0.39, 0.29) is 5.91 Å². The van der Waals surface area contributed by atoms with Gasteiger partial charge in [-0.25, -0.2) is 0 Å².